The van der Waals surface area contributed by atoms with Gasteiger partial charge >= 0.3 is 0 Å². The molecule has 0 aliphatic carbocycles. The molecule has 5 rings (SSSR count). The molecule has 0 saturated heterocycles. The zero-order valence-electron chi connectivity index (χ0n) is 15.9. The topological polar surface area (TPSA) is 80.5 Å². The maximum Gasteiger partial charge on any atom is 0.261 e. The van der Waals surface area contributed by atoms with Crippen LogP contribution in [0.15, 0.2) is 64.9 Å². The lowest BCUT2D eigenvalue weighted by molar-refractivity contribution is 0.0658. The molecule has 7 nitrogen and oxygen atoms in total. The van der Waals surface area contributed by atoms with E-state index in [1.54, 1.807) is 40.7 Å². The number of thioether (sulfide) groups is 1. The number of benzene rings is 2. The second-order valence-electron chi connectivity index (χ2n) is 6.89. The number of rotatable bonds is 5. The highest BCUT2D eigenvalue weighted by molar-refractivity contribution is 7.99. The van der Waals surface area contributed by atoms with Gasteiger partial charge in [-0.2, -0.15) is 9.78 Å². The summed E-state index contributed by atoms with van der Waals surface area (Å²) in [5.74, 6) is 0.984. The van der Waals surface area contributed by atoms with Gasteiger partial charge in [0.15, 0.2) is 5.82 Å². The number of amides is 2. The summed E-state index contributed by atoms with van der Waals surface area (Å²) >= 11 is 1.57. The molecule has 3 aromatic rings. The Hall–Kier alpha value is -2.97. The number of carbonyl (C=O) groups is 2. The molecule has 0 spiro atoms. The smallest absolute Gasteiger partial charge is 0.261 e. The highest BCUT2D eigenvalue weighted by Crippen LogP contribution is 2.26. The van der Waals surface area contributed by atoms with Gasteiger partial charge in [0.25, 0.3) is 11.8 Å². The first-order chi connectivity index (χ1) is 14.2. The summed E-state index contributed by atoms with van der Waals surface area (Å²) in [6, 6.07) is 17.0. The van der Waals surface area contributed by atoms with Gasteiger partial charge in [-0.15, -0.1) is 22.6 Å². The molecule has 0 saturated carbocycles. The van der Waals surface area contributed by atoms with E-state index in [2.05, 4.69) is 10.2 Å². The van der Waals surface area contributed by atoms with E-state index in [1.807, 2.05) is 30.3 Å². The van der Waals surface area contributed by atoms with E-state index in [1.165, 1.54) is 4.90 Å². The molecular weight excluding hydrogens is 422 g/mol. The summed E-state index contributed by atoms with van der Waals surface area (Å²) in [5, 5.41) is 14.0. The first-order valence-corrected chi connectivity index (χ1v) is 10.3. The van der Waals surface area contributed by atoms with Crippen molar-refractivity contribution in [1.29, 1.82) is 0 Å². The number of hydrogen-bond acceptors (Lipinski definition) is 6. The summed E-state index contributed by atoms with van der Waals surface area (Å²) in [6.45, 7) is 0.317. The zero-order valence-corrected chi connectivity index (χ0v) is 17.5. The van der Waals surface area contributed by atoms with Crippen LogP contribution in [0.5, 0.6) is 0 Å². The van der Waals surface area contributed by atoms with Crippen molar-refractivity contribution in [2.75, 3.05) is 12.3 Å². The van der Waals surface area contributed by atoms with Crippen LogP contribution in [0, 0.1) is 0 Å². The lowest BCUT2D eigenvalue weighted by Crippen LogP contribution is -2.32. The summed E-state index contributed by atoms with van der Waals surface area (Å²) in [4.78, 5) is 26.4. The molecular formula is C21H18ClN5O2S. The molecule has 0 unspecified atom stereocenters. The Morgan fingerprint density at radius 2 is 1.57 bits per heavy atom. The molecule has 9 heteroatoms. The standard InChI is InChI=1S/C21H17N5O2S.ClH/c27-19-16-8-4-5-9-17(16)20(28)25(19)11-10-15-13-29-21-23-22-18(26(21)24-15)12-14-6-2-1-3-7-14;/h1-9H,10-13H2;1H. The highest BCUT2D eigenvalue weighted by Gasteiger charge is 2.35. The Kier molecular flexibility index (Phi) is 5.69. The van der Waals surface area contributed by atoms with Crippen molar-refractivity contribution in [3.63, 3.8) is 0 Å². The van der Waals surface area contributed by atoms with Crippen LogP contribution in [0.4, 0.5) is 0 Å². The van der Waals surface area contributed by atoms with Gasteiger partial charge in [-0.25, -0.2) is 0 Å². The third kappa shape index (κ3) is 3.64. The van der Waals surface area contributed by atoms with Crippen LogP contribution in [0.1, 0.15) is 38.5 Å². The zero-order chi connectivity index (χ0) is 19.8. The van der Waals surface area contributed by atoms with Gasteiger partial charge < -0.3 is 0 Å². The molecule has 0 atom stereocenters. The fourth-order valence-electron chi connectivity index (χ4n) is 3.50. The van der Waals surface area contributed by atoms with Crippen LogP contribution in [-0.2, 0) is 6.42 Å². The predicted octanol–water partition coefficient (Wildman–Crippen LogP) is 3.29. The summed E-state index contributed by atoms with van der Waals surface area (Å²) in [5.41, 5.74) is 3.00. The number of imide groups is 1. The first-order valence-electron chi connectivity index (χ1n) is 9.33. The molecule has 152 valence electrons. The number of nitrogens with zero attached hydrogens (tertiary/aromatic N) is 5. The predicted molar refractivity (Wildman–Crippen MR) is 117 cm³/mol. The van der Waals surface area contributed by atoms with Crippen molar-refractivity contribution >= 4 is 41.7 Å². The number of hydrogen-bond donors (Lipinski definition) is 0. The highest BCUT2D eigenvalue weighted by atomic mass is 35.5. The van der Waals surface area contributed by atoms with Gasteiger partial charge in [0, 0.05) is 25.1 Å². The number of aromatic nitrogens is 3. The third-order valence-electron chi connectivity index (χ3n) is 4.99. The van der Waals surface area contributed by atoms with Crippen LogP contribution in [0.2, 0.25) is 0 Å². The van der Waals surface area contributed by atoms with Crippen molar-refractivity contribution < 1.29 is 9.59 Å². The van der Waals surface area contributed by atoms with Gasteiger partial charge in [-0.3, -0.25) is 14.5 Å². The molecule has 1 aromatic heterocycles. The van der Waals surface area contributed by atoms with Crippen molar-refractivity contribution in [2.24, 2.45) is 5.10 Å². The second-order valence-corrected chi connectivity index (χ2v) is 7.83. The molecule has 0 bridgehead atoms. The van der Waals surface area contributed by atoms with E-state index in [-0.39, 0.29) is 24.2 Å². The van der Waals surface area contributed by atoms with Crippen LogP contribution in [0.25, 0.3) is 0 Å². The van der Waals surface area contributed by atoms with Crippen LogP contribution in [0.3, 0.4) is 0 Å². The van der Waals surface area contributed by atoms with Gasteiger partial charge in [-0.1, -0.05) is 54.2 Å². The van der Waals surface area contributed by atoms with E-state index < -0.39 is 0 Å². The molecule has 3 heterocycles. The van der Waals surface area contributed by atoms with Crippen LogP contribution >= 0.6 is 24.2 Å². The van der Waals surface area contributed by atoms with Crippen molar-refractivity contribution in [2.45, 2.75) is 18.0 Å². The fraction of sp³-hybridized carbons (Fsp3) is 0.190. The minimum atomic E-state index is -0.232. The number of fused-ring (bicyclic) bond motifs is 2. The fourth-order valence-corrected chi connectivity index (χ4v) is 4.36. The Balaban J connectivity index is 0.00000218. The van der Waals surface area contributed by atoms with Crippen molar-refractivity contribution in [3.05, 3.63) is 77.1 Å². The van der Waals surface area contributed by atoms with Crippen LogP contribution in [-0.4, -0.2) is 49.6 Å². The molecule has 2 aliphatic heterocycles. The molecule has 30 heavy (non-hydrogen) atoms. The van der Waals surface area contributed by atoms with E-state index in [0.29, 0.717) is 36.3 Å². The van der Waals surface area contributed by atoms with Gasteiger partial charge in [0.05, 0.1) is 16.8 Å². The molecule has 0 fully saturated rings. The average molecular weight is 440 g/mol. The summed E-state index contributed by atoms with van der Waals surface area (Å²) in [6.07, 6.45) is 1.17. The SMILES string of the molecule is Cl.O=C1c2ccccc2C(=O)N1CCC1=Nn2c(Cc3ccccc3)nnc2SC1. The van der Waals surface area contributed by atoms with E-state index >= 15 is 0 Å². The maximum absolute atomic E-state index is 12.5. The molecule has 0 N–H and O–H groups in total. The third-order valence-corrected chi connectivity index (χ3v) is 5.98. The molecule has 2 aliphatic rings. The second kappa shape index (κ2) is 8.41. The minimum Gasteiger partial charge on any atom is -0.274 e. The average Bonchev–Trinajstić information content (AvgIpc) is 3.26. The Morgan fingerprint density at radius 3 is 2.27 bits per heavy atom. The molecule has 2 amide bonds. The largest absolute Gasteiger partial charge is 0.274 e. The molecule has 0 radical (unpaired) electrons. The number of carbonyl (C=O) groups excluding carboxylic acids is 2. The van der Waals surface area contributed by atoms with Gasteiger partial charge in [-0.05, 0) is 17.7 Å². The van der Waals surface area contributed by atoms with Crippen molar-refractivity contribution in [3.8, 4) is 0 Å². The maximum atomic E-state index is 12.5. The van der Waals surface area contributed by atoms with Crippen LogP contribution < -0.4 is 0 Å². The Bertz CT molecular complexity index is 1110. The minimum absolute atomic E-state index is 0. The van der Waals surface area contributed by atoms with E-state index in [0.717, 1.165) is 22.3 Å². The first kappa shape index (κ1) is 20.3. The Labute approximate surface area is 183 Å². The monoisotopic (exact) mass is 439 g/mol. The lowest BCUT2D eigenvalue weighted by Gasteiger charge is -2.17. The molecule has 2 aromatic carbocycles. The van der Waals surface area contributed by atoms with Gasteiger partial charge in [0.1, 0.15) is 0 Å². The number of halogens is 1. The lowest BCUT2D eigenvalue weighted by atomic mass is 10.1. The summed E-state index contributed by atoms with van der Waals surface area (Å²) in [7, 11) is 0. The Morgan fingerprint density at radius 1 is 0.900 bits per heavy atom. The van der Waals surface area contributed by atoms with Gasteiger partial charge in [0.2, 0.25) is 5.16 Å². The quantitative estimate of drug-likeness (QED) is 0.570. The van der Waals surface area contributed by atoms with E-state index in [4.69, 9.17) is 5.10 Å². The van der Waals surface area contributed by atoms with Crippen molar-refractivity contribution in [1.82, 2.24) is 19.8 Å². The van der Waals surface area contributed by atoms with E-state index in [9.17, 15) is 9.59 Å². The summed E-state index contributed by atoms with van der Waals surface area (Å²) < 4.78 is 1.78. The normalized spacial score (nSPS) is 14.8.